The monoisotopic (exact) mass is 562 g/mol. The number of allylic oxidation sites excluding steroid dienone is 2. The summed E-state index contributed by atoms with van der Waals surface area (Å²) >= 11 is 5.67. The number of sulfonamides is 1. The number of hydrogen-bond acceptors (Lipinski definition) is 4. The van der Waals surface area contributed by atoms with Gasteiger partial charge in [-0.25, -0.2) is 8.42 Å². The Balaban J connectivity index is 1.42. The lowest BCUT2D eigenvalue weighted by atomic mass is 9.77. The molecule has 3 aromatic rings. The molecule has 10 heteroatoms. The second-order valence-corrected chi connectivity index (χ2v) is 11.8. The molecular formula is C28H26ClF3N2O3S. The van der Waals surface area contributed by atoms with Crippen molar-refractivity contribution in [2.24, 2.45) is 5.92 Å². The third-order valence-electron chi connectivity index (χ3n) is 6.78. The van der Waals surface area contributed by atoms with Gasteiger partial charge >= 0.3 is 6.18 Å². The molecule has 0 saturated carbocycles. The Bertz CT molecular complexity index is 1490. The van der Waals surface area contributed by atoms with Crippen LogP contribution in [0.25, 0.3) is 0 Å². The molecule has 3 atom stereocenters. The summed E-state index contributed by atoms with van der Waals surface area (Å²) in [4.78, 5) is -0.0331. The lowest BCUT2D eigenvalue weighted by Crippen LogP contribution is -2.29. The molecule has 0 fully saturated rings. The van der Waals surface area contributed by atoms with Gasteiger partial charge in [0, 0.05) is 17.3 Å². The van der Waals surface area contributed by atoms with E-state index in [9.17, 15) is 21.6 Å². The predicted molar refractivity (Wildman–Crippen MR) is 142 cm³/mol. The van der Waals surface area contributed by atoms with Gasteiger partial charge in [-0.1, -0.05) is 35.9 Å². The Morgan fingerprint density at radius 1 is 1.05 bits per heavy atom. The Labute approximate surface area is 224 Å². The quantitative estimate of drug-likeness (QED) is 0.301. The molecular weight excluding hydrogens is 537 g/mol. The van der Waals surface area contributed by atoms with Crippen molar-refractivity contribution in [1.82, 2.24) is 0 Å². The molecule has 0 amide bonds. The molecule has 2 aliphatic rings. The predicted octanol–water partition coefficient (Wildman–Crippen LogP) is 7.77. The highest BCUT2D eigenvalue weighted by Crippen LogP contribution is 2.50. The number of nitrogens with one attached hydrogen (secondary N) is 2. The van der Waals surface area contributed by atoms with Crippen LogP contribution in [0.2, 0.25) is 5.02 Å². The minimum Gasteiger partial charge on any atom is -0.491 e. The van der Waals surface area contributed by atoms with Crippen LogP contribution in [0.3, 0.4) is 0 Å². The molecule has 5 rings (SSSR count). The summed E-state index contributed by atoms with van der Waals surface area (Å²) in [6.07, 6.45) is 0.382. The molecule has 0 radical (unpaired) electrons. The molecule has 0 unspecified atom stereocenters. The molecule has 1 aliphatic carbocycles. The van der Waals surface area contributed by atoms with Crippen molar-refractivity contribution >= 4 is 33.0 Å². The maximum Gasteiger partial charge on any atom is 0.417 e. The first-order valence-electron chi connectivity index (χ1n) is 12.2. The highest BCUT2D eigenvalue weighted by Gasteiger charge is 2.39. The van der Waals surface area contributed by atoms with E-state index >= 15 is 0 Å². The van der Waals surface area contributed by atoms with Gasteiger partial charge in [0.2, 0.25) is 0 Å². The van der Waals surface area contributed by atoms with Gasteiger partial charge in [0.05, 0.1) is 27.6 Å². The van der Waals surface area contributed by atoms with Crippen molar-refractivity contribution < 1.29 is 26.3 Å². The average molecular weight is 563 g/mol. The zero-order valence-electron chi connectivity index (χ0n) is 20.6. The minimum absolute atomic E-state index is 0.00893. The fraction of sp³-hybridized carbons (Fsp3) is 0.286. The van der Waals surface area contributed by atoms with Gasteiger partial charge < -0.3 is 10.1 Å². The van der Waals surface area contributed by atoms with Crippen LogP contribution in [0.15, 0.2) is 77.7 Å². The van der Waals surface area contributed by atoms with Gasteiger partial charge in [-0.15, -0.1) is 0 Å². The van der Waals surface area contributed by atoms with E-state index in [0.717, 1.165) is 35.1 Å². The summed E-state index contributed by atoms with van der Waals surface area (Å²) in [5, 5.41) is 3.06. The van der Waals surface area contributed by atoms with Crippen LogP contribution in [-0.4, -0.2) is 14.5 Å². The van der Waals surface area contributed by atoms with Gasteiger partial charge in [-0.2, -0.15) is 13.2 Å². The summed E-state index contributed by atoms with van der Waals surface area (Å²) in [7, 11) is -4.16. The van der Waals surface area contributed by atoms with Crippen LogP contribution in [0.5, 0.6) is 5.75 Å². The van der Waals surface area contributed by atoms with Gasteiger partial charge in [-0.3, -0.25) is 4.72 Å². The summed E-state index contributed by atoms with van der Waals surface area (Å²) in [6, 6.07) is 15.7. The molecule has 38 heavy (non-hydrogen) atoms. The molecule has 0 spiro atoms. The normalized spacial score (nSPS) is 20.6. The number of rotatable bonds is 6. The summed E-state index contributed by atoms with van der Waals surface area (Å²) in [6.45, 7) is 3.95. The van der Waals surface area contributed by atoms with Crippen molar-refractivity contribution in [3.05, 3.63) is 94.5 Å². The van der Waals surface area contributed by atoms with E-state index in [1.165, 1.54) is 12.1 Å². The third-order valence-corrected chi connectivity index (χ3v) is 8.49. The lowest BCUT2D eigenvalue weighted by Gasteiger charge is -2.37. The Hall–Kier alpha value is -3.17. The fourth-order valence-corrected chi connectivity index (χ4v) is 6.42. The Morgan fingerprint density at radius 3 is 2.47 bits per heavy atom. The van der Waals surface area contributed by atoms with Gasteiger partial charge in [0.1, 0.15) is 5.75 Å². The van der Waals surface area contributed by atoms with Crippen LogP contribution in [0.4, 0.5) is 24.5 Å². The molecule has 3 aromatic carbocycles. The Morgan fingerprint density at radius 2 is 1.79 bits per heavy atom. The van der Waals surface area contributed by atoms with E-state index < -0.39 is 26.8 Å². The molecule has 1 aliphatic heterocycles. The SMILES string of the molecule is CC(C)Oc1ccc([C@H]2Nc3ccc(S(=O)(=O)Nc4ccc(Cl)c(C(F)(F)F)c4)cc3[C@H]3C=CC[C@H]32)cc1. The van der Waals surface area contributed by atoms with Crippen LogP contribution in [0.1, 0.15) is 48.9 Å². The molecule has 5 nitrogen and oxygen atoms in total. The van der Waals surface area contributed by atoms with E-state index in [-0.39, 0.29) is 34.6 Å². The third kappa shape index (κ3) is 5.22. The largest absolute Gasteiger partial charge is 0.491 e. The van der Waals surface area contributed by atoms with Crippen molar-refractivity contribution in [3.63, 3.8) is 0 Å². The smallest absolute Gasteiger partial charge is 0.417 e. The molecule has 0 bridgehead atoms. The van der Waals surface area contributed by atoms with Crippen LogP contribution >= 0.6 is 11.6 Å². The van der Waals surface area contributed by atoms with E-state index in [1.54, 1.807) is 12.1 Å². The molecule has 200 valence electrons. The zero-order valence-corrected chi connectivity index (χ0v) is 22.2. The first kappa shape index (κ1) is 26.4. The number of benzene rings is 3. The minimum atomic E-state index is -4.71. The first-order chi connectivity index (χ1) is 17.9. The number of fused-ring (bicyclic) bond motifs is 3. The fourth-order valence-electron chi connectivity index (χ4n) is 5.12. The maximum absolute atomic E-state index is 13.2. The number of alkyl halides is 3. The van der Waals surface area contributed by atoms with Gasteiger partial charge in [0.15, 0.2) is 0 Å². The summed E-state index contributed by atoms with van der Waals surface area (Å²) < 4.78 is 74.0. The van der Waals surface area contributed by atoms with Crippen LogP contribution < -0.4 is 14.8 Å². The van der Waals surface area contributed by atoms with Crippen LogP contribution in [-0.2, 0) is 16.2 Å². The molecule has 1 heterocycles. The second-order valence-electron chi connectivity index (χ2n) is 9.76. The second kappa shape index (κ2) is 9.85. The number of ether oxygens (including phenoxy) is 1. The zero-order chi connectivity index (χ0) is 27.2. The van der Waals surface area contributed by atoms with E-state index in [2.05, 4.69) is 22.2 Å². The maximum atomic E-state index is 13.2. The van der Waals surface area contributed by atoms with Crippen LogP contribution in [0, 0.1) is 5.92 Å². The summed E-state index contributed by atoms with van der Waals surface area (Å²) in [5.74, 6) is 0.965. The topological polar surface area (TPSA) is 67.4 Å². The van der Waals surface area contributed by atoms with Gasteiger partial charge in [0.25, 0.3) is 10.0 Å². The van der Waals surface area contributed by atoms with E-state index in [1.807, 2.05) is 38.1 Å². The molecule has 0 aromatic heterocycles. The van der Waals surface area contributed by atoms with E-state index in [4.69, 9.17) is 16.3 Å². The van der Waals surface area contributed by atoms with Crippen molar-refractivity contribution in [1.29, 1.82) is 0 Å². The standard InChI is InChI=1S/C28H26ClF3N2O3S/c1-16(2)37-19-9-6-17(7-10-19)27-22-5-3-4-21(22)23-15-20(11-13-26(23)33-27)38(35,36)34-18-8-12-25(29)24(14-18)28(30,31)32/h3-4,6-16,21-22,27,33-34H,5H2,1-2H3/t21-,22+,27+/m0/s1. The first-order valence-corrected chi connectivity index (χ1v) is 14.0. The number of halogens is 4. The Kier molecular flexibility index (Phi) is 6.86. The van der Waals surface area contributed by atoms with Crippen molar-refractivity contribution in [2.75, 3.05) is 10.0 Å². The van der Waals surface area contributed by atoms with E-state index in [0.29, 0.717) is 6.07 Å². The summed E-state index contributed by atoms with van der Waals surface area (Å²) in [5.41, 5.74) is 1.42. The van der Waals surface area contributed by atoms with Crippen molar-refractivity contribution in [3.8, 4) is 5.75 Å². The average Bonchev–Trinajstić information content (AvgIpc) is 3.34. The van der Waals surface area contributed by atoms with Gasteiger partial charge in [-0.05, 0) is 85.8 Å². The number of hydrogen-bond donors (Lipinski definition) is 2. The highest BCUT2D eigenvalue weighted by atomic mass is 35.5. The highest BCUT2D eigenvalue weighted by molar-refractivity contribution is 7.92. The van der Waals surface area contributed by atoms with Crippen molar-refractivity contribution in [2.45, 2.75) is 49.4 Å². The molecule has 0 saturated heterocycles. The number of anilines is 2. The lowest BCUT2D eigenvalue weighted by molar-refractivity contribution is -0.137. The molecule has 2 N–H and O–H groups in total.